The number of amides is 1. The molecular weight excluding hydrogens is 332 g/mol. The van der Waals surface area contributed by atoms with Gasteiger partial charge in [-0.2, -0.15) is 0 Å². The Bertz CT molecular complexity index is 499. The summed E-state index contributed by atoms with van der Waals surface area (Å²) in [5, 5.41) is 13.4. The largest absolute Gasteiger partial charge is 0.507 e. The molecule has 1 aliphatic heterocycles. The lowest BCUT2D eigenvalue weighted by molar-refractivity contribution is 0.0718. The molecule has 1 saturated heterocycles. The molecule has 1 aliphatic rings. The van der Waals surface area contributed by atoms with Gasteiger partial charge in [0.1, 0.15) is 5.75 Å². The predicted molar refractivity (Wildman–Crippen MR) is 87.6 cm³/mol. The van der Waals surface area contributed by atoms with E-state index in [1.54, 1.807) is 18.2 Å². The van der Waals surface area contributed by atoms with Crippen LogP contribution in [-0.4, -0.2) is 41.6 Å². The fourth-order valence-corrected chi connectivity index (χ4v) is 3.06. The van der Waals surface area contributed by atoms with Crippen molar-refractivity contribution in [3.63, 3.8) is 0 Å². The van der Waals surface area contributed by atoms with Crippen molar-refractivity contribution in [2.24, 2.45) is 5.92 Å². The highest BCUT2D eigenvalue weighted by atomic mass is 79.9. The molecular formula is C16H23BrN2O2. The van der Waals surface area contributed by atoms with Crippen molar-refractivity contribution < 1.29 is 9.90 Å². The Morgan fingerprint density at radius 1 is 1.52 bits per heavy atom. The van der Waals surface area contributed by atoms with Crippen LogP contribution < -0.4 is 5.32 Å². The molecule has 1 aromatic rings. The minimum atomic E-state index is -0.0950. The van der Waals surface area contributed by atoms with Crippen LogP contribution in [0.4, 0.5) is 0 Å². The van der Waals surface area contributed by atoms with Gasteiger partial charge in [-0.25, -0.2) is 0 Å². The maximum absolute atomic E-state index is 12.7. The Kier molecular flexibility index (Phi) is 5.65. The van der Waals surface area contributed by atoms with Crippen LogP contribution in [0.25, 0.3) is 0 Å². The van der Waals surface area contributed by atoms with E-state index in [1.165, 1.54) is 0 Å². The predicted octanol–water partition coefficient (Wildman–Crippen LogP) is 3.00. The molecule has 0 aliphatic carbocycles. The number of hydrogen-bond acceptors (Lipinski definition) is 3. The van der Waals surface area contributed by atoms with Crippen molar-refractivity contribution in [3.8, 4) is 5.75 Å². The quantitative estimate of drug-likeness (QED) is 0.854. The first-order chi connectivity index (χ1) is 9.97. The number of carbonyl (C=O) groups excluding carboxylic acids is 1. The van der Waals surface area contributed by atoms with Gasteiger partial charge in [-0.15, -0.1) is 0 Å². The summed E-state index contributed by atoms with van der Waals surface area (Å²) in [5.41, 5.74) is 0.372. The molecule has 2 N–H and O–H groups in total. The Morgan fingerprint density at radius 3 is 2.86 bits per heavy atom. The molecule has 1 atom stereocenters. The van der Waals surface area contributed by atoms with Gasteiger partial charge in [0, 0.05) is 23.6 Å². The van der Waals surface area contributed by atoms with Crippen LogP contribution >= 0.6 is 15.9 Å². The Hall–Kier alpha value is -1.07. The molecule has 2 rings (SSSR count). The first-order valence-corrected chi connectivity index (χ1v) is 8.28. The number of halogens is 1. The van der Waals surface area contributed by atoms with Crippen LogP contribution in [0.2, 0.25) is 0 Å². The number of nitrogens with one attached hydrogen (secondary N) is 1. The summed E-state index contributed by atoms with van der Waals surface area (Å²) in [6, 6.07) is 5.39. The van der Waals surface area contributed by atoms with Gasteiger partial charge in [0.15, 0.2) is 0 Å². The van der Waals surface area contributed by atoms with Gasteiger partial charge >= 0.3 is 0 Å². The summed E-state index contributed by atoms with van der Waals surface area (Å²) in [7, 11) is 0. The summed E-state index contributed by atoms with van der Waals surface area (Å²) >= 11 is 3.30. The highest BCUT2D eigenvalue weighted by Gasteiger charge is 2.24. The van der Waals surface area contributed by atoms with E-state index in [0.29, 0.717) is 30.6 Å². The lowest BCUT2D eigenvalue weighted by atomic mass is 10.1. The van der Waals surface area contributed by atoms with Crippen LogP contribution in [0, 0.1) is 5.92 Å². The first kappa shape index (κ1) is 16.3. The van der Waals surface area contributed by atoms with Crippen molar-refractivity contribution in [2.75, 3.05) is 19.6 Å². The molecule has 116 valence electrons. The van der Waals surface area contributed by atoms with Crippen molar-refractivity contribution in [1.29, 1.82) is 0 Å². The molecule has 0 bridgehead atoms. The van der Waals surface area contributed by atoms with E-state index in [2.05, 4.69) is 35.1 Å². The third kappa shape index (κ3) is 4.45. The monoisotopic (exact) mass is 354 g/mol. The standard InChI is InChI=1S/C16H23BrN2O2/c1-11(2)9-19(10-13-4-3-7-18-13)16(21)14-6-5-12(17)8-15(14)20/h5-6,8,11,13,18,20H,3-4,7,9-10H2,1-2H3. The van der Waals surface area contributed by atoms with Gasteiger partial charge in [-0.1, -0.05) is 29.8 Å². The molecule has 1 fully saturated rings. The van der Waals surface area contributed by atoms with E-state index in [-0.39, 0.29) is 11.7 Å². The summed E-state index contributed by atoms with van der Waals surface area (Å²) in [6.07, 6.45) is 2.27. The molecule has 1 unspecified atom stereocenters. The van der Waals surface area contributed by atoms with Gasteiger partial charge in [0.2, 0.25) is 0 Å². The molecule has 0 saturated carbocycles. The number of phenols is 1. The lowest BCUT2D eigenvalue weighted by Crippen LogP contribution is -2.42. The second kappa shape index (κ2) is 7.27. The summed E-state index contributed by atoms with van der Waals surface area (Å²) < 4.78 is 0.768. The summed E-state index contributed by atoms with van der Waals surface area (Å²) in [4.78, 5) is 14.6. The highest BCUT2D eigenvalue weighted by molar-refractivity contribution is 9.10. The molecule has 21 heavy (non-hydrogen) atoms. The van der Waals surface area contributed by atoms with E-state index in [4.69, 9.17) is 0 Å². The molecule has 1 heterocycles. The number of phenolic OH excluding ortho intramolecular Hbond substituents is 1. The van der Waals surface area contributed by atoms with Crippen molar-refractivity contribution >= 4 is 21.8 Å². The lowest BCUT2D eigenvalue weighted by Gasteiger charge is -2.28. The Morgan fingerprint density at radius 2 is 2.29 bits per heavy atom. The third-order valence-corrected chi connectivity index (χ3v) is 4.16. The molecule has 5 heteroatoms. The average molecular weight is 355 g/mol. The topological polar surface area (TPSA) is 52.6 Å². The van der Waals surface area contributed by atoms with E-state index >= 15 is 0 Å². The average Bonchev–Trinajstić information content (AvgIpc) is 2.89. The number of nitrogens with zero attached hydrogens (tertiary/aromatic N) is 1. The summed E-state index contributed by atoms with van der Waals surface area (Å²) in [5.74, 6) is 0.331. The normalized spacial score (nSPS) is 18.2. The van der Waals surface area contributed by atoms with Gasteiger partial charge in [0.25, 0.3) is 5.91 Å². The fraction of sp³-hybridized carbons (Fsp3) is 0.562. The van der Waals surface area contributed by atoms with Crippen LogP contribution in [0.3, 0.4) is 0 Å². The van der Waals surface area contributed by atoms with Crippen LogP contribution in [0.15, 0.2) is 22.7 Å². The maximum Gasteiger partial charge on any atom is 0.257 e. The minimum absolute atomic E-state index is 0.0301. The van der Waals surface area contributed by atoms with Gasteiger partial charge in [-0.05, 0) is 43.5 Å². The van der Waals surface area contributed by atoms with E-state index < -0.39 is 0 Å². The third-order valence-electron chi connectivity index (χ3n) is 3.67. The van der Waals surface area contributed by atoms with Gasteiger partial charge in [-0.3, -0.25) is 4.79 Å². The zero-order valence-corrected chi connectivity index (χ0v) is 14.2. The van der Waals surface area contributed by atoms with Crippen LogP contribution in [0.5, 0.6) is 5.75 Å². The summed E-state index contributed by atoms with van der Waals surface area (Å²) in [6.45, 7) is 6.63. The number of aromatic hydroxyl groups is 1. The Labute approximate surface area is 134 Å². The zero-order valence-electron chi connectivity index (χ0n) is 12.6. The van der Waals surface area contributed by atoms with E-state index in [9.17, 15) is 9.90 Å². The van der Waals surface area contributed by atoms with E-state index in [0.717, 1.165) is 23.9 Å². The molecule has 4 nitrogen and oxygen atoms in total. The number of carbonyl (C=O) groups is 1. The van der Waals surface area contributed by atoms with E-state index in [1.807, 2.05) is 4.90 Å². The maximum atomic E-state index is 12.7. The van der Waals surface area contributed by atoms with Crippen molar-refractivity contribution in [2.45, 2.75) is 32.7 Å². The zero-order chi connectivity index (χ0) is 15.4. The second-order valence-electron chi connectivity index (χ2n) is 6.06. The molecule has 1 amide bonds. The molecule has 0 spiro atoms. The first-order valence-electron chi connectivity index (χ1n) is 7.48. The van der Waals surface area contributed by atoms with Gasteiger partial charge < -0.3 is 15.3 Å². The van der Waals surface area contributed by atoms with Crippen LogP contribution in [-0.2, 0) is 0 Å². The SMILES string of the molecule is CC(C)CN(CC1CCCN1)C(=O)c1ccc(Br)cc1O. The highest BCUT2D eigenvalue weighted by Crippen LogP contribution is 2.24. The minimum Gasteiger partial charge on any atom is -0.507 e. The Balaban J connectivity index is 2.15. The molecule has 1 aromatic carbocycles. The van der Waals surface area contributed by atoms with Crippen LogP contribution in [0.1, 0.15) is 37.0 Å². The number of hydrogen-bond donors (Lipinski definition) is 2. The number of rotatable bonds is 5. The van der Waals surface area contributed by atoms with Crippen molar-refractivity contribution in [1.82, 2.24) is 10.2 Å². The fourth-order valence-electron chi connectivity index (χ4n) is 2.72. The number of benzene rings is 1. The second-order valence-corrected chi connectivity index (χ2v) is 6.97. The van der Waals surface area contributed by atoms with Gasteiger partial charge in [0.05, 0.1) is 5.56 Å². The molecule has 0 aromatic heterocycles. The molecule has 0 radical (unpaired) electrons. The smallest absolute Gasteiger partial charge is 0.257 e. The van der Waals surface area contributed by atoms with Crippen molar-refractivity contribution in [3.05, 3.63) is 28.2 Å².